The van der Waals surface area contributed by atoms with Crippen LogP contribution in [0.15, 0.2) is 83.8 Å². The number of halogens is 1. The molecule has 1 aliphatic heterocycles. The van der Waals surface area contributed by atoms with Gasteiger partial charge in [-0.25, -0.2) is 8.42 Å². The molecule has 0 bridgehead atoms. The van der Waals surface area contributed by atoms with Gasteiger partial charge in [0.05, 0.1) is 4.90 Å². The highest BCUT2D eigenvalue weighted by Crippen LogP contribution is 2.29. The summed E-state index contributed by atoms with van der Waals surface area (Å²) in [6.45, 7) is 0.458. The summed E-state index contributed by atoms with van der Waals surface area (Å²) < 4.78 is 28.0. The lowest BCUT2D eigenvalue weighted by molar-refractivity contribution is -0.125. The van der Waals surface area contributed by atoms with Gasteiger partial charge in [-0.1, -0.05) is 66.2 Å². The van der Waals surface area contributed by atoms with Crippen molar-refractivity contribution in [3.05, 3.63) is 101 Å². The first kappa shape index (κ1) is 20.6. The number of hydrogen-bond acceptors (Lipinski definition) is 3. The molecule has 0 saturated heterocycles. The van der Waals surface area contributed by atoms with Gasteiger partial charge in [0.2, 0.25) is 15.9 Å². The van der Waals surface area contributed by atoms with Crippen molar-refractivity contribution in [2.24, 2.45) is 0 Å². The molecule has 7 heteroatoms. The maximum atomic E-state index is 13.4. The molecule has 0 aromatic heterocycles. The quantitative estimate of drug-likeness (QED) is 0.656. The molecular formula is C23H21ClN2O3S. The lowest BCUT2D eigenvalue weighted by atomic mass is 9.95. The third-order valence-electron chi connectivity index (χ3n) is 5.24. The van der Waals surface area contributed by atoms with Crippen LogP contribution in [0, 0.1) is 0 Å². The molecule has 0 aliphatic carbocycles. The van der Waals surface area contributed by atoms with Crippen LogP contribution in [-0.2, 0) is 34.3 Å². The van der Waals surface area contributed by atoms with Gasteiger partial charge >= 0.3 is 0 Å². The van der Waals surface area contributed by atoms with E-state index in [1.807, 2.05) is 36.4 Å². The largest absolute Gasteiger partial charge is 0.351 e. The van der Waals surface area contributed by atoms with Crippen molar-refractivity contribution in [2.75, 3.05) is 0 Å². The first-order chi connectivity index (χ1) is 14.4. The van der Waals surface area contributed by atoms with Crippen LogP contribution in [0.3, 0.4) is 0 Å². The van der Waals surface area contributed by atoms with E-state index in [1.54, 1.807) is 42.5 Å². The number of carbonyl (C=O) groups is 1. The molecule has 1 amide bonds. The van der Waals surface area contributed by atoms with E-state index in [0.29, 0.717) is 18.0 Å². The molecule has 1 heterocycles. The molecule has 5 nitrogen and oxygen atoms in total. The van der Waals surface area contributed by atoms with Crippen LogP contribution in [0.4, 0.5) is 0 Å². The Bertz CT molecular complexity index is 1150. The lowest BCUT2D eigenvalue weighted by Crippen LogP contribution is -2.52. The van der Waals surface area contributed by atoms with Crippen molar-refractivity contribution in [1.82, 2.24) is 9.62 Å². The lowest BCUT2D eigenvalue weighted by Gasteiger charge is -2.35. The minimum atomic E-state index is -3.83. The van der Waals surface area contributed by atoms with Gasteiger partial charge in [0.15, 0.2) is 0 Å². The van der Waals surface area contributed by atoms with Crippen LogP contribution in [0.5, 0.6) is 0 Å². The highest BCUT2D eigenvalue weighted by Gasteiger charge is 2.39. The smallest absolute Gasteiger partial charge is 0.244 e. The summed E-state index contributed by atoms with van der Waals surface area (Å²) in [6, 6.07) is 22.2. The molecule has 4 rings (SSSR count). The number of fused-ring (bicyclic) bond motifs is 1. The molecule has 1 aliphatic rings. The molecule has 0 unspecified atom stereocenters. The zero-order valence-electron chi connectivity index (χ0n) is 16.2. The number of carbonyl (C=O) groups excluding carboxylic acids is 1. The predicted octanol–water partition coefficient (Wildman–Crippen LogP) is 3.77. The second-order valence-electron chi connectivity index (χ2n) is 7.20. The zero-order chi connectivity index (χ0) is 21.1. The summed E-state index contributed by atoms with van der Waals surface area (Å²) in [7, 11) is -3.83. The maximum absolute atomic E-state index is 13.4. The Morgan fingerprint density at radius 2 is 1.57 bits per heavy atom. The molecule has 0 fully saturated rings. The van der Waals surface area contributed by atoms with Crippen molar-refractivity contribution in [3.63, 3.8) is 0 Å². The number of nitrogens with one attached hydrogen (secondary N) is 1. The monoisotopic (exact) mass is 440 g/mol. The predicted molar refractivity (Wildman–Crippen MR) is 116 cm³/mol. The van der Waals surface area contributed by atoms with Gasteiger partial charge in [0, 0.05) is 18.1 Å². The van der Waals surface area contributed by atoms with Gasteiger partial charge in [0.1, 0.15) is 6.04 Å². The number of amides is 1. The Kier molecular flexibility index (Phi) is 5.90. The number of sulfonamides is 1. The van der Waals surface area contributed by atoms with Gasteiger partial charge in [0.25, 0.3) is 0 Å². The van der Waals surface area contributed by atoms with Gasteiger partial charge in [-0.05, 0) is 47.4 Å². The normalized spacial score (nSPS) is 16.6. The third kappa shape index (κ3) is 4.26. The molecule has 1 N–H and O–H groups in total. The van der Waals surface area contributed by atoms with Crippen LogP contribution in [0.1, 0.15) is 16.7 Å². The molecule has 3 aromatic rings. The van der Waals surface area contributed by atoms with Crippen molar-refractivity contribution in [3.8, 4) is 0 Å². The van der Waals surface area contributed by atoms with Gasteiger partial charge in [-0.3, -0.25) is 4.79 Å². The minimum absolute atomic E-state index is 0.159. The Hall–Kier alpha value is -2.67. The third-order valence-corrected chi connectivity index (χ3v) is 7.36. The number of nitrogens with zero attached hydrogens (tertiary/aromatic N) is 1. The Balaban J connectivity index is 1.62. The average molecular weight is 441 g/mol. The summed E-state index contributed by atoms with van der Waals surface area (Å²) in [5, 5.41) is 3.50. The van der Waals surface area contributed by atoms with E-state index in [9.17, 15) is 13.2 Å². The standard InChI is InChI=1S/C23H21ClN2O3S/c24-20-12-10-17(11-13-20)15-25-23(27)22-14-18-6-4-5-7-19(18)16-26(22)30(28,29)21-8-2-1-3-9-21/h1-13,22H,14-16H2,(H,25,27)/t22-/m1/s1. The zero-order valence-corrected chi connectivity index (χ0v) is 17.7. The molecule has 0 radical (unpaired) electrons. The summed E-state index contributed by atoms with van der Waals surface area (Å²) in [6.07, 6.45) is 0.328. The summed E-state index contributed by atoms with van der Waals surface area (Å²) >= 11 is 5.91. The van der Waals surface area contributed by atoms with Crippen LogP contribution >= 0.6 is 11.6 Å². The second-order valence-corrected chi connectivity index (χ2v) is 9.52. The van der Waals surface area contributed by atoms with Crippen molar-refractivity contribution in [2.45, 2.75) is 30.4 Å². The van der Waals surface area contributed by atoms with E-state index in [1.165, 1.54) is 4.31 Å². The molecule has 30 heavy (non-hydrogen) atoms. The van der Waals surface area contributed by atoms with E-state index >= 15 is 0 Å². The molecule has 154 valence electrons. The fraction of sp³-hybridized carbons (Fsp3) is 0.174. The first-order valence-electron chi connectivity index (χ1n) is 9.61. The van der Waals surface area contributed by atoms with Crippen LogP contribution in [0.25, 0.3) is 0 Å². The SMILES string of the molecule is O=C(NCc1ccc(Cl)cc1)[C@H]1Cc2ccccc2CN1S(=O)(=O)c1ccccc1. The summed E-state index contributed by atoms with van der Waals surface area (Å²) in [5.41, 5.74) is 2.80. The van der Waals surface area contributed by atoms with Gasteiger partial charge in [-0.15, -0.1) is 0 Å². The van der Waals surface area contributed by atoms with E-state index in [4.69, 9.17) is 11.6 Å². The molecule has 0 spiro atoms. The van der Waals surface area contributed by atoms with Crippen LogP contribution in [-0.4, -0.2) is 24.7 Å². The van der Waals surface area contributed by atoms with E-state index in [-0.39, 0.29) is 17.3 Å². The van der Waals surface area contributed by atoms with Crippen molar-refractivity contribution >= 4 is 27.5 Å². The van der Waals surface area contributed by atoms with E-state index in [0.717, 1.165) is 16.7 Å². The fourth-order valence-electron chi connectivity index (χ4n) is 3.61. The summed E-state index contributed by atoms with van der Waals surface area (Å²) in [5.74, 6) is -0.320. The van der Waals surface area contributed by atoms with Gasteiger partial charge < -0.3 is 5.32 Å². The average Bonchev–Trinajstić information content (AvgIpc) is 2.78. The number of rotatable bonds is 5. The van der Waals surface area contributed by atoms with Crippen molar-refractivity contribution in [1.29, 1.82) is 0 Å². The number of benzene rings is 3. The molecule has 0 saturated carbocycles. The highest BCUT2D eigenvalue weighted by atomic mass is 35.5. The Morgan fingerprint density at radius 1 is 0.933 bits per heavy atom. The maximum Gasteiger partial charge on any atom is 0.244 e. The van der Waals surface area contributed by atoms with Gasteiger partial charge in [-0.2, -0.15) is 4.31 Å². The van der Waals surface area contributed by atoms with E-state index in [2.05, 4.69) is 5.32 Å². The molecular weight excluding hydrogens is 420 g/mol. The summed E-state index contributed by atoms with van der Waals surface area (Å²) in [4.78, 5) is 13.3. The van der Waals surface area contributed by atoms with Crippen LogP contribution < -0.4 is 5.32 Å². The van der Waals surface area contributed by atoms with Crippen LogP contribution in [0.2, 0.25) is 5.02 Å². The van der Waals surface area contributed by atoms with Crippen molar-refractivity contribution < 1.29 is 13.2 Å². The first-order valence-corrected chi connectivity index (χ1v) is 11.4. The second kappa shape index (κ2) is 8.60. The number of hydrogen-bond donors (Lipinski definition) is 1. The topological polar surface area (TPSA) is 66.5 Å². The fourth-order valence-corrected chi connectivity index (χ4v) is 5.32. The highest BCUT2D eigenvalue weighted by molar-refractivity contribution is 7.89. The Labute approximate surface area is 181 Å². The Morgan fingerprint density at radius 3 is 2.27 bits per heavy atom. The molecule has 3 aromatic carbocycles. The van der Waals surface area contributed by atoms with E-state index < -0.39 is 16.1 Å². The minimum Gasteiger partial charge on any atom is -0.351 e. The molecule has 1 atom stereocenters.